The smallest absolute Gasteiger partial charge is 0.147 e. The van der Waals surface area contributed by atoms with Gasteiger partial charge in [-0.15, -0.1) is 0 Å². The molecule has 0 saturated heterocycles. The highest BCUT2D eigenvalue weighted by molar-refractivity contribution is 6.23. The lowest BCUT2D eigenvalue weighted by Gasteiger charge is -2.26. The molecule has 0 aliphatic rings. The summed E-state index contributed by atoms with van der Waals surface area (Å²) in [6.45, 7) is 0. The van der Waals surface area contributed by atoms with Crippen molar-refractivity contribution in [1.82, 2.24) is 0 Å². The SMILES string of the molecule is Fc1ccccc1N(c1ccc(-c2ccc(-c3c4ccccc4c(-c4cccc5ccccc45)c4ccccc34)cc2)cc1)c1ccccc1F. The Kier molecular flexibility index (Phi) is 7.59. The standard InChI is InChI=1S/C48H31F2N/c49-43-20-7-9-22-45(43)51(46-23-10-8-21-44(46)50)36-30-28-33(29-31-36)32-24-26-35(27-25-32)47-39-15-3-5-17-41(39)48(42-18-6-4-16-40(42)47)38-19-11-13-34-12-1-2-14-37(34)38/h1-31H. The van der Waals surface area contributed by atoms with E-state index in [9.17, 15) is 0 Å². The Labute approximate surface area is 295 Å². The molecule has 9 aromatic carbocycles. The molecule has 0 N–H and O–H groups in total. The minimum atomic E-state index is -0.425. The second kappa shape index (κ2) is 12.7. The second-order valence-electron chi connectivity index (χ2n) is 12.7. The molecule has 0 heterocycles. The van der Waals surface area contributed by atoms with Gasteiger partial charge in [0.15, 0.2) is 0 Å². The largest absolute Gasteiger partial charge is 0.305 e. The maximum Gasteiger partial charge on any atom is 0.147 e. The first-order valence-electron chi connectivity index (χ1n) is 17.1. The van der Waals surface area contributed by atoms with E-state index in [1.54, 1.807) is 41.3 Å². The average Bonchev–Trinajstić information content (AvgIpc) is 3.19. The fourth-order valence-electron chi connectivity index (χ4n) is 7.48. The first-order chi connectivity index (χ1) is 25.2. The van der Waals surface area contributed by atoms with E-state index in [-0.39, 0.29) is 11.4 Å². The van der Waals surface area contributed by atoms with Gasteiger partial charge in [-0.25, -0.2) is 8.78 Å². The van der Waals surface area contributed by atoms with Crippen molar-refractivity contribution in [3.63, 3.8) is 0 Å². The van der Waals surface area contributed by atoms with Gasteiger partial charge < -0.3 is 4.90 Å². The first-order valence-corrected chi connectivity index (χ1v) is 17.1. The summed E-state index contributed by atoms with van der Waals surface area (Å²) in [5, 5.41) is 7.32. The molecule has 0 bridgehead atoms. The maximum atomic E-state index is 15.1. The number of hydrogen-bond acceptors (Lipinski definition) is 1. The van der Waals surface area contributed by atoms with Crippen LogP contribution in [0.25, 0.3) is 65.7 Å². The predicted molar refractivity (Wildman–Crippen MR) is 210 cm³/mol. The monoisotopic (exact) mass is 659 g/mol. The van der Waals surface area contributed by atoms with Crippen LogP contribution in [-0.2, 0) is 0 Å². The van der Waals surface area contributed by atoms with Crippen LogP contribution in [0.2, 0.25) is 0 Å². The van der Waals surface area contributed by atoms with Crippen molar-refractivity contribution in [2.24, 2.45) is 0 Å². The predicted octanol–water partition coefficient (Wildman–Crippen LogP) is 13.9. The van der Waals surface area contributed by atoms with Crippen molar-refractivity contribution in [3.05, 3.63) is 200 Å². The Morgan fingerprint density at radius 2 is 0.725 bits per heavy atom. The van der Waals surface area contributed by atoms with E-state index in [4.69, 9.17) is 0 Å². The van der Waals surface area contributed by atoms with Gasteiger partial charge in [-0.2, -0.15) is 0 Å². The fraction of sp³-hybridized carbons (Fsp3) is 0. The lowest BCUT2D eigenvalue weighted by atomic mass is 9.84. The third-order valence-corrected chi connectivity index (χ3v) is 9.81. The Balaban J connectivity index is 1.13. The van der Waals surface area contributed by atoms with Crippen molar-refractivity contribution in [2.75, 3.05) is 4.90 Å². The van der Waals surface area contributed by atoms with Crippen LogP contribution in [-0.4, -0.2) is 0 Å². The summed E-state index contributed by atoms with van der Waals surface area (Å²) in [5.41, 5.74) is 8.11. The number of halogens is 2. The number of fused-ring (bicyclic) bond motifs is 3. The lowest BCUT2D eigenvalue weighted by molar-refractivity contribution is 0.619. The van der Waals surface area contributed by atoms with Crippen molar-refractivity contribution in [3.8, 4) is 33.4 Å². The normalized spacial score (nSPS) is 11.3. The highest BCUT2D eigenvalue weighted by Crippen LogP contribution is 2.45. The molecule has 0 spiro atoms. The highest BCUT2D eigenvalue weighted by atomic mass is 19.1. The summed E-state index contributed by atoms with van der Waals surface area (Å²) in [6.07, 6.45) is 0. The van der Waals surface area contributed by atoms with Gasteiger partial charge in [-0.1, -0.05) is 152 Å². The van der Waals surface area contributed by atoms with Crippen molar-refractivity contribution >= 4 is 49.4 Å². The minimum absolute atomic E-state index is 0.283. The summed E-state index contributed by atoms with van der Waals surface area (Å²) in [5.74, 6) is -0.851. The molecular formula is C48H31F2N. The molecule has 242 valence electrons. The third-order valence-electron chi connectivity index (χ3n) is 9.81. The second-order valence-corrected chi connectivity index (χ2v) is 12.7. The lowest BCUT2D eigenvalue weighted by Crippen LogP contribution is -2.13. The molecule has 0 radical (unpaired) electrons. The molecule has 0 amide bonds. The van der Waals surface area contributed by atoms with Crippen LogP contribution >= 0.6 is 0 Å². The molecule has 0 unspecified atom stereocenters. The van der Waals surface area contributed by atoms with Gasteiger partial charge in [0.1, 0.15) is 11.6 Å². The Morgan fingerprint density at radius 1 is 0.314 bits per heavy atom. The van der Waals surface area contributed by atoms with Crippen LogP contribution in [0.4, 0.5) is 25.8 Å². The molecule has 0 atom stereocenters. The molecule has 0 fully saturated rings. The molecule has 9 rings (SSSR count). The van der Waals surface area contributed by atoms with Gasteiger partial charge in [0, 0.05) is 5.69 Å². The van der Waals surface area contributed by atoms with E-state index in [0.717, 1.165) is 16.7 Å². The maximum absolute atomic E-state index is 15.1. The zero-order valence-corrected chi connectivity index (χ0v) is 27.6. The van der Waals surface area contributed by atoms with Crippen LogP contribution in [0.5, 0.6) is 0 Å². The van der Waals surface area contributed by atoms with E-state index in [0.29, 0.717) is 5.69 Å². The molecule has 51 heavy (non-hydrogen) atoms. The highest BCUT2D eigenvalue weighted by Gasteiger charge is 2.20. The topological polar surface area (TPSA) is 3.24 Å². The Bertz CT molecular complexity index is 2610. The summed E-state index contributed by atoms with van der Waals surface area (Å²) >= 11 is 0. The Morgan fingerprint density at radius 3 is 1.27 bits per heavy atom. The van der Waals surface area contributed by atoms with Gasteiger partial charge in [0.25, 0.3) is 0 Å². The van der Waals surface area contributed by atoms with E-state index < -0.39 is 11.6 Å². The van der Waals surface area contributed by atoms with Gasteiger partial charge in [-0.05, 0) is 102 Å². The number of benzene rings is 9. The number of anilines is 3. The minimum Gasteiger partial charge on any atom is -0.305 e. The Hall–Kier alpha value is -6.58. The van der Waals surface area contributed by atoms with E-state index in [1.165, 1.54) is 61.1 Å². The van der Waals surface area contributed by atoms with E-state index in [2.05, 4.69) is 115 Å². The van der Waals surface area contributed by atoms with Gasteiger partial charge in [-0.3, -0.25) is 0 Å². The van der Waals surface area contributed by atoms with Crippen molar-refractivity contribution < 1.29 is 8.78 Å². The number of rotatable bonds is 6. The van der Waals surface area contributed by atoms with Gasteiger partial charge >= 0.3 is 0 Å². The zero-order valence-electron chi connectivity index (χ0n) is 27.6. The van der Waals surface area contributed by atoms with Crippen LogP contribution < -0.4 is 4.90 Å². The number of para-hydroxylation sites is 2. The summed E-state index contributed by atoms with van der Waals surface area (Å²) in [7, 11) is 0. The number of hydrogen-bond donors (Lipinski definition) is 0. The molecule has 0 aliphatic carbocycles. The van der Waals surface area contributed by atoms with Crippen LogP contribution in [0, 0.1) is 11.6 Å². The zero-order chi connectivity index (χ0) is 34.3. The first kappa shape index (κ1) is 30.5. The molecule has 0 saturated carbocycles. The molecule has 0 aliphatic heterocycles. The summed E-state index contributed by atoms with van der Waals surface area (Å²) < 4.78 is 30.1. The average molecular weight is 660 g/mol. The van der Waals surface area contributed by atoms with Gasteiger partial charge in [0.05, 0.1) is 11.4 Å². The van der Waals surface area contributed by atoms with Crippen LogP contribution in [0.1, 0.15) is 0 Å². The fourth-order valence-corrected chi connectivity index (χ4v) is 7.48. The molecule has 9 aromatic rings. The van der Waals surface area contributed by atoms with Crippen LogP contribution in [0.15, 0.2) is 188 Å². The van der Waals surface area contributed by atoms with E-state index >= 15 is 8.78 Å². The summed E-state index contributed by atoms with van der Waals surface area (Å²) in [6, 6.07) is 62.0. The molecular weight excluding hydrogens is 629 g/mol. The van der Waals surface area contributed by atoms with E-state index in [1.807, 2.05) is 24.3 Å². The molecule has 3 heteroatoms. The quantitative estimate of drug-likeness (QED) is 0.161. The van der Waals surface area contributed by atoms with Crippen LogP contribution in [0.3, 0.4) is 0 Å². The summed E-state index contributed by atoms with van der Waals surface area (Å²) in [4.78, 5) is 1.62. The molecule has 0 aromatic heterocycles. The van der Waals surface area contributed by atoms with Gasteiger partial charge in [0.2, 0.25) is 0 Å². The van der Waals surface area contributed by atoms with Crippen molar-refractivity contribution in [1.29, 1.82) is 0 Å². The van der Waals surface area contributed by atoms with Crippen molar-refractivity contribution in [2.45, 2.75) is 0 Å². The number of nitrogens with zero attached hydrogens (tertiary/aromatic N) is 1. The third kappa shape index (κ3) is 5.31. The molecule has 1 nitrogen and oxygen atoms in total.